The van der Waals surface area contributed by atoms with Crippen LogP contribution < -0.4 is 9.47 Å². The van der Waals surface area contributed by atoms with Crippen LogP contribution in [0.2, 0.25) is 0 Å². The Morgan fingerprint density at radius 1 is 1.00 bits per heavy atom. The van der Waals surface area contributed by atoms with Gasteiger partial charge in [0.15, 0.2) is 0 Å². The Balaban J connectivity index is 3.62. The first-order valence-electron chi connectivity index (χ1n) is 6.02. The molecule has 0 fully saturated rings. The summed E-state index contributed by atoms with van der Waals surface area (Å²) in [6.45, 7) is 2.55. The van der Waals surface area contributed by atoms with E-state index in [2.05, 4.69) is 0 Å². The molecule has 0 heterocycles. The van der Waals surface area contributed by atoms with Crippen molar-refractivity contribution in [1.82, 2.24) is 0 Å². The first-order chi connectivity index (χ1) is 9.68. The fourth-order valence-corrected chi connectivity index (χ4v) is 1.67. The number of carbonyl (C=O) groups is 1. The molecule has 0 radical (unpaired) electrons. The normalized spacial score (nSPS) is 12.1. The minimum atomic E-state index is -5.81. The highest BCUT2D eigenvalue weighted by Gasteiger charge is 2.61. The van der Waals surface area contributed by atoms with Gasteiger partial charge in [-0.1, -0.05) is 0 Å². The van der Waals surface area contributed by atoms with Crippen molar-refractivity contribution in [1.29, 1.82) is 0 Å². The monoisotopic (exact) mass is 312 g/mol. The van der Waals surface area contributed by atoms with Crippen LogP contribution in [0.3, 0.4) is 0 Å². The van der Waals surface area contributed by atoms with E-state index in [1.807, 2.05) is 0 Å². The van der Waals surface area contributed by atoms with Crippen LogP contribution in [0, 0.1) is 0 Å². The van der Waals surface area contributed by atoms with E-state index < -0.39 is 29.2 Å². The maximum atomic E-state index is 13.7. The lowest BCUT2D eigenvalue weighted by Gasteiger charge is -2.25. The first kappa shape index (κ1) is 17.2. The van der Waals surface area contributed by atoms with Crippen molar-refractivity contribution in [3.05, 3.63) is 23.3 Å². The van der Waals surface area contributed by atoms with Gasteiger partial charge in [-0.3, -0.25) is 4.79 Å². The van der Waals surface area contributed by atoms with Gasteiger partial charge in [0.25, 0.3) is 0 Å². The second-order valence-corrected chi connectivity index (χ2v) is 3.95. The summed E-state index contributed by atoms with van der Waals surface area (Å²) in [7, 11) is 0. The number of aldehydes is 1. The van der Waals surface area contributed by atoms with Gasteiger partial charge in [0, 0.05) is 5.56 Å². The molecule has 0 aliphatic carbocycles. The van der Waals surface area contributed by atoms with E-state index in [-0.39, 0.29) is 18.8 Å². The van der Waals surface area contributed by atoms with Gasteiger partial charge in [-0.15, -0.1) is 0 Å². The Morgan fingerprint density at radius 3 is 1.71 bits per heavy atom. The maximum Gasteiger partial charge on any atom is 0.458 e. The molecule has 0 aliphatic rings. The van der Waals surface area contributed by atoms with Crippen molar-refractivity contribution in [2.75, 3.05) is 13.2 Å². The van der Waals surface area contributed by atoms with Crippen molar-refractivity contribution in [3.8, 4) is 11.5 Å². The topological polar surface area (TPSA) is 35.5 Å². The largest absolute Gasteiger partial charge is 0.493 e. The van der Waals surface area contributed by atoms with Gasteiger partial charge in [-0.2, -0.15) is 22.0 Å². The molecule has 3 nitrogen and oxygen atoms in total. The van der Waals surface area contributed by atoms with Gasteiger partial charge in [0.05, 0.1) is 13.2 Å². The van der Waals surface area contributed by atoms with E-state index in [0.29, 0.717) is 6.29 Å². The molecular formula is C13H13F5O3. The Bertz CT molecular complexity index is 484. The third kappa shape index (κ3) is 3.43. The fourth-order valence-electron chi connectivity index (χ4n) is 1.67. The molecule has 1 rings (SSSR count). The van der Waals surface area contributed by atoms with Crippen LogP contribution in [-0.2, 0) is 5.92 Å². The zero-order chi connectivity index (χ0) is 16.3. The molecule has 21 heavy (non-hydrogen) atoms. The molecule has 0 saturated carbocycles. The number of hydrogen-bond acceptors (Lipinski definition) is 3. The number of hydrogen-bond donors (Lipinski definition) is 0. The maximum absolute atomic E-state index is 13.7. The van der Waals surface area contributed by atoms with E-state index >= 15 is 0 Å². The Morgan fingerprint density at radius 2 is 1.43 bits per heavy atom. The number of halogens is 5. The van der Waals surface area contributed by atoms with Crippen LogP contribution in [0.15, 0.2) is 12.1 Å². The molecule has 0 saturated heterocycles. The van der Waals surface area contributed by atoms with Gasteiger partial charge in [0.2, 0.25) is 0 Å². The van der Waals surface area contributed by atoms with E-state index in [0.717, 1.165) is 12.1 Å². The first-order valence-corrected chi connectivity index (χ1v) is 6.02. The number of ether oxygens (including phenoxy) is 2. The summed E-state index contributed by atoms with van der Waals surface area (Å²) < 4.78 is 74.9. The van der Waals surface area contributed by atoms with Gasteiger partial charge in [-0.25, -0.2) is 0 Å². The molecule has 0 unspecified atom stereocenters. The van der Waals surface area contributed by atoms with Crippen molar-refractivity contribution in [2.24, 2.45) is 0 Å². The molecular weight excluding hydrogens is 299 g/mol. The predicted octanol–water partition coefficient (Wildman–Crippen LogP) is 3.95. The van der Waals surface area contributed by atoms with Gasteiger partial charge in [-0.05, 0) is 26.0 Å². The average Bonchev–Trinajstić information content (AvgIpc) is 2.37. The molecule has 1 aromatic carbocycles. The van der Waals surface area contributed by atoms with Crippen molar-refractivity contribution in [2.45, 2.75) is 25.9 Å². The van der Waals surface area contributed by atoms with Crippen molar-refractivity contribution < 1.29 is 36.2 Å². The van der Waals surface area contributed by atoms with Crippen LogP contribution in [0.1, 0.15) is 29.8 Å². The quantitative estimate of drug-likeness (QED) is 0.589. The lowest BCUT2D eigenvalue weighted by Crippen LogP contribution is -2.34. The molecule has 8 heteroatoms. The molecule has 0 N–H and O–H groups in total. The minimum Gasteiger partial charge on any atom is -0.493 e. The molecule has 0 aromatic heterocycles. The lowest BCUT2D eigenvalue weighted by molar-refractivity contribution is -0.290. The highest BCUT2D eigenvalue weighted by atomic mass is 19.4. The number of benzene rings is 1. The van der Waals surface area contributed by atoms with E-state index in [1.54, 1.807) is 0 Å². The number of carbonyl (C=O) groups excluding carboxylic acids is 1. The fraction of sp³-hybridized carbons (Fsp3) is 0.462. The number of rotatable bonds is 6. The van der Waals surface area contributed by atoms with Crippen LogP contribution in [0.4, 0.5) is 22.0 Å². The Kier molecular flexibility index (Phi) is 5.14. The Hall–Kier alpha value is -1.86. The lowest BCUT2D eigenvalue weighted by atomic mass is 10.0. The summed E-state index contributed by atoms with van der Waals surface area (Å²) in [4.78, 5) is 10.8. The molecule has 118 valence electrons. The van der Waals surface area contributed by atoms with Gasteiger partial charge >= 0.3 is 12.1 Å². The van der Waals surface area contributed by atoms with Crippen molar-refractivity contribution in [3.63, 3.8) is 0 Å². The molecule has 0 aliphatic heterocycles. The van der Waals surface area contributed by atoms with Gasteiger partial charge in [0.1, 0.15) is 23.3 Å². The molecule has 0 amide bonds. The highest BCUT2D eigenvalue weighted by Crippen LogP contribution is 2.51. The summed E-state index contributed by atoms with van der Waals surface area (Å²) in [6.07, 6.45) is -5.51. The molecule has 0 spiro atoms. The molecule has 0 bridgehead atoms. The van der Waals surface area contributed by atoms with Crippen molar-refractivity contribution >= 4 is 6.29 Å². The number of alkyl halides is 5. The smallest absolute Gasteiger partial charge is 0.458 e. The molecule has 0 atom stereocenters. The zero-order valence-corrected chi connectivity index (χ0v) is 11.3. The average molecular weight is 312 g/mol. The Labute approximate surface area is 117 Å². The van der Waals surface area contributed by atoms with Crippen LogP contribution in [-0.4, -0.2) is 25.7 Å². The van der Waals surface area contributed by atoms with E-state index in [4.69, 9.17) is 9.47 Å². The highest BCUT2D eigenvalue weighted by molar-refractivity contribution is 5.77. The van der Waals surface area contributed by atoms with E-state index in [1.165, 1.54) is 13.8 Å². The zero-order valence-electron chi connectivity index (χ0n) is 11.3. The van der Waals surface area contributed by atoms with Gasteiger partial charge < -0.3 is 9.47 Å². The summed E-state index contributed by atoms with van der Waals surface area (Å²) in [5, 5.41) is 0. The summed E-state index contributed by atoms with van der Waals surface area (Å²) in [5.74, 6) is -6.62. The third-order valence-electron chi connectivity index (χ3n) is 2.49. The van der Waals surface area contributed by atoms with Crippen LogP contribution in [0.5, 0.6) is 11.5 Å². The summed E-state index contributed by atoms with van der Waals surface area (Å²) >= 11 is 0. The minimum absolute atomic E-state index is 0.122. The second-order valence-electron chi connectivity index (χ2n) is 3.95. The second kappa shape index (κ2) is 6.28. The third-order valence-corrected chi connectivity index (χ3v) is 2.49. The van der Waals surface area contributed by atoms with Crippen LogP contribution >= 0.6 is 0 Å². The standard InChI is InChI=1S/C13H13F5O3/c1-3-20-9-5-8(7-19)6-10(21-4-2)11(9)12(14,15)13(16,17)18/h5-7H,3-4H2,1-2H3. The predicted molar refractivity (Wildman–Crippen MR) is 64.1 cm³/mol. The van der Waals surface area contributed by atoms with Crippen LogP contribution in [0.25, 0.3) is 0 Å². The summed E-state index contributed by atoms with van der Waals surface area (Å²) in [6, 6.07) is 1.65. The van der Waals surface area contributed by atoms with E-state index in [9.17, 15) is 26.7 Å². The SMILES string of the molecule is CCOc1cc(C=O)cc(OCC)c1C(F)(F)C(F)(F)F. The molecule has 1 aromatic rings. The summed E-state index contributed by atoms with van der Waals surface area (Å²) in [5.41, 5.74) is -1.55.